The molecule has 1 aromatic heterocycles. The molecule has 0 bridgehead atoms. The van der Waals surface area contributed by atoms with Crippen molar-refractivity contribution in [1.29, 1.82) is 0 Å². The third-order valence-corrected chi connectivity index (χ3v) is 7.54. The van der Waals surface area contributed by atoms with Gasteiger partial charge in [-0.1, -0.05) is 49.2 Å². The van der Waals surface area contributed by atoms with Crippen LogP contribution in [0.25, 0.3) is 11.1 Å². The van der Waals surface area contributed by atoms with E-state index in [9.17, 15) is 14.7 Å². The fourth-order valence-corrected chi connectivity index (χ4v) is 5.21. The molecule has 0 unspecified atom stereocenters. The van der Waals surface area contributed by atoms with Crippen LogP contribution in [0.3, 0.4) is 0 Å². The molecule has 1 aliphatic rings. The summed E-state index contributed by atoms with van der Waals surface area (Å²) < 4.78 is 17.7. The summed E-state index contributed by atoms with van der Waals surface area (Å²) in [7, 11) is 0. The number of hydrogen-bond acceptors (Lipinski definition) is 6. The standard InChI is InChI=1S/C31H34N2O6.Na/c1-21-18-26(37-17-16-31(36)14-3-4-15-31)12-13-27(21)28-7-5-6-24(22(28)2)20-38-25-10-8-23(9-11-25)19-33-29(34)32-30(35)39-33;/h5-13,18,36H,3-4,14-17,19-20H2,1-2H3,(H,32,34,35);/q;+1/p-1. The molecule has 0 atom stereocenters. The van der Waals surface area contributed by atoms with Crippen LogP contribution in [-0.2, 0) is 13.2 Å². The van der Waals surface area contributed by atoms with Gasteiger partial charge in [0.15, 0.2) is 5.69 Å². The van der Waals surface area contributed by atoms with Gasteiger partial charge in [0.25, 0.3) is 0 Å². The minimum absolute atomic E-state index is 0. The van der Waals surface area contributed by atoms with Crippen LogP contribution >= 0.6 is 0 Å². The predicted molar refractivity (Wildman–Crippen MR) is 147 cm³/mol. The van der Waals surface area contributed by atoms with Crippen molar-refractivity contribution in [2.24, 2.45) is 0 Å². The van der Waals surface area contributed by atoms with E-state index < -0.39 is 17.0 Å². The molecule has 9 heteroatoms. The summed E-state index contributed by atoms with van der Waals surface area (Å²) in [6.07, 6.45) is 4.60. The number of nitrogens with zero attached hydrogens (tertiary/aromatic N) is 2. The number of hydrogen-bond donors (Lipinski definition) is 1. The van der Waals surface area contributed by atoms with Crippen LogP contribution in [0, 0.1) is 13.8 Å². The first-order valence-electron chi connectivity index (χ1n) is 13.3. The van der Waals surface area contributed by atoms with E-state index in [1.54, 1.807) is 0 Å². The summed E-state index contributed by atoms with van der Waals surface area (Å²) in [6, 6.07) is 19.6. The Kier molecular flexibility index (Phi) is 9.79. The third-order valence-electron chi connectivity index (χ3n) is 7.54. The van der Waals surface area contributed by atoms with Crippen molar-refractivity contribution in [2.75, 3.05) is 6.61 Å². The molecule has 0 radical (unpaired) electrons. The maximum Gasteiger partial charge on any atom is 1.00 e. The first-order chi connectivity index (χ1) is 18.8. The van der Waals surface area contributed by atoms with E-state index in [1.165, 1.54) is 0 Å². The topological polar surface area (TPSA) is 105 Å². The quantitative estimate of drug-likeness (QED) is 0.299. The average Bonchev–Trinajstić information content (AvgIpc) is 3.48. The zero-order valence-electron chi connectivity index (χ0n) is 23.3. The fraction of sp³-hybridized carbons (Fsp3) is 0.355. The largest absolute Gasteiger partial charge is 1.00 e. The van der Waals surface area contributed by atoms with Gasteiger partial charge in [-0.05, 0) is 84.3 Å². The van der Waals surface area contributed by atoms with Gasteiger partial charge in [0.2, 0.25) is 0 Å². The second-order valence-electron chi connectivity index (χ2n) is 10.3. The summed E-state index contributed by atoms with van der Waals surface area (Å²) in [5.74, 6) is 0.616. The first kappa shape index (κ1) is 29.9. The molecule has 8 nitrogen and oxygen atoms in total. The van der Waals surface area contributed by atoms with Gasteiger partial charge in [-0.3, -0.25) is 9.53 Å². The van der Waals surface area contributed by atoms with E-state index >= 15 is 0 Å². The van der Waals surface area contributed by atoms with E-state index in [1.807, 2.05) is 36.4 Å². The van der Waals surface area contributed by atoms with E-state index in [4.69, 9.17) is 14.0 Å². The molecule has 1 N–H and O–H groups in total. The Morgan fingerprint density at radius 1 is 0.950 bits per heavy atom. The van der Waals surface area contributed by atoms with Crippen molar-refractivity contribution >= 4 is 0 Å². The molecular formula is C31H33N2NaO6. The SMILES string of the molecule is Cc1cc(OCCC2(O)CCCC2)ccc1-c1cccc(COc2ccc(Cn3oc(=O)[n-]c3=O)cc2)c1C.[Na+]. The monoisotopic (exact) mass is 552 g/mol. The van der Waals surface area contributed by atoms with Crippen molar-refractivity contribution < 1.29 is 48.7 Å². The summed E-state index contributed by atoms with van der Waals surface area (Å²) in [5.41, 5.74) is 5.17. The second kappa shape index (κ2) is 13.1. The van der Waals surface area contributed by atoms with Crippen LogP contribution in [0.1, 0.15) is 54.4 Å². The Morgan fingerprint density at radius 3 is 2.35 bits per heavy atom. The van der Waals surface area contributed by atoms with Crippen molar-refractivity contribution in [3.63, 3.8) is 0 Å². The third kappa shape index (κ3) is 7.18. The van der Waals surface area contributed by atoms with E-state index in [0.717, 1.165) is 69.6 Å². The Balaban J connectivity index is 0.00000370. The van der Waals surface area contributed by atoms with Crippen molar-refractivity contribution in [3.8, 4) is 22.6 Å². The van der Waals surface area contributed by atoms with Crippen molar-refractivity contribution in [1.82, 2.24) is 9.72 Å². The number of ether oxygens (including phenoxy) is 2. The molecular weight excluding hydrogens is 519 g/mol. The second-order valence-corrected chi connectivity index (χ2v) is 10.3. The van der Waals surface area contributed by atoms with Gasteiger partial charge in [-0.25, -0.2) is 4.79 Å². The predicted octanol–water partition coefficient (Wildman–Crippen LogP) is 1.75. The molecule has 5 rings (SSSR count). The molecule has 1 fully saturated rings. The van der Waals surface area contributed by atoms with Gasteiger partial charge >= 0.3 is 35.3 Å². The smallest absolute Gasteiger partial charge is 0.493 e. The van der Waals surface area contributed by atoms with Crippen molar-refractivity contribution in [2.45, 2.75) is 64.7 Å². The van der Waals surface area contributed by atoms with Crippen molar-refractivity contribution in [3.05, 3.63) is 104 Å². The van der Waals surface area contributed by atoms with E-state index in [2.05, 4.69) is 43.1 Å². The van der Waals surface area contributed by atoms with Crippen LogP contribution < -0.4 is 55.5 Å². The van der Waals surface area contributed by atoms with Gasteiger partial charge in [0.1, 0.15) is 18.1 Å². The molecule has 1 saturated carbocycles. The van der Waals surface area contributed by atoms with Gasteiger partial charge in [-0.2, -0.15) is 0 Å². The summed E-state index contributed by atoms with van der Waals surface area (Å²) in [4.78, 5) is 25.9. The van der Waals surface area contributed by atoms with Gasteiger partial charge in [0.05, 0.1) is 12.2 Å². The zero-order valence-corrected chi connectivity index (χ0v) is 25.3. The normalized spacial score (nSPS) is 14.1. The van der Waals surface area contributed by atoms with Crippen LogP contribution in [0.15, 0.2) is 74.8 Å². The summed E-state index contributed by atoms with van der Waals surface area (Å²) in [5, 5.41) is 10.5. The Morgan fingerprint density at radius 2 is 1.68 bits per heavy atom. The van der Waals surface area contributed by atoms with Crippen LogP contribution in [0.5, 0.6) is 11.5 Å². The Bertz CT molecular complexity index is 1550. The molecule has 0 spiro atoms. The summed E-state index contributed by atoms with van der Waals surface area (Å²) >= 11 is 0. The molecule has 1 aliphatic carbocycles. The molecule has 204 valence electrons. The minimum atomic E-state index is -0.896. The minimum Gasteiger partial charge on any atom is -0.493 e. The van der Waals surface area contributed by atoms with Gasteiger partial charge in [-0.15, -0.1) is 0 Å². The molecule has 3 aromatic carbocycles. The number of aryl methyl sites for hydroxylation is 1. The van der Waals surface area contributed by atoms with Gasteiger partial charge < -0.3 is 24.1 Å². The number of benzene rings is 3. The van der Waals surface area contributed by atoms with Crippen LogP contribution in [0.4, 0.5) is 0 Å². The molecule has 1 heterocycles. The molecule has 0 saturated heterocycles. The average molecular weight is 553 g/mol. The first-order valence-corrected chi connectivity index (χ1v) is 13.3. The maximum absolute atomic E-state index is 11.6. The number of aromatic nitrogens is 2. The molecule has 0 aliphatic heterocycles. The Labute approximate surface area is 255 Å². The van der Waals surface area contributed by atoms with Crippen LogP contribution in [0.2, 0.25) is 0 Å². The number of rotatable bonds is 10. The maximum atomic E-state index is 11.6. The van der Waals surface area contributed by atoms with E-state index in [0.29, 0.717) is 25.4 Å². The Hall–Kier alpha value is -3.04. The molecule has 40 heavy (non-hydrogen) atoms. The van der Waals surface area contributed by atoms with E-state index in [-0.39, 0.29) is 36.1 Å². The summed E-state index contributed by atoms with van der Waals surface area (Å²) in [6.45, 7) is 5.23. The van der Waals surface area contributed by atoms with Gasteiger partial charge in [0, 0.05) is 13.0 Å². The number of aliphatic hydroxyl groups is 1. The zero-order chi connectivity index (χ0) is 27.4. The fourth-order valence-electron chi connectivity index (χ4n) is 5.21. The van der Waals surface area contributed by atoms with Crippen LogP contribution in [-0.4, -0.2) is 22.1 Å². The molecule has 4 aromatic rings. The molecule has 0 amide bonds.